The highest BCUT2D eigenvalue weighted by atomic mass is 16.8. The number of rotatable bonds is 4. The van der Waals surface area contributed by atoms with Gasteiger partial charge in [0.2, 0.25) is 0 Å². The topological polar surface area (TPSA) is 93.3 Å². The van der Waals surface area contributed by atoms with E-state index in [2.05, 4.69) is 10.2 Å². The largest absolute Gasteiger partial charge is 0.517 e. The normalized spacial score (nSPS) is 12.0. The molecule has 23 heavy (non-hydrogen) atoms. The van der Waals surface area contributed by atoms with Gasteiger partial charge in [0.15, 0.2) is 5.71 Å². The number of hydrogen-bond donors (Lipinski definition) is 0. The Kier molecular flexibility index (Phi) is 7.27. The van der Waals surface area contributed by atoms with Gasteiger partial charge in [-0.05, 0) is 27.7 Å². The van der Waals surface area contributed by atoms with Gasteiger partial charge in [0, 0.05) is 5.56 Å². The Morgan fingerprint density at radius 1 is 1.04 bits per heavy atom. The Bertz CT molecular complexity index is 616. The number of nitriles is 1. The lowest BCUT2D eigenvalue weighted by atomic mass is 10.1. The summed E-state index contributed by atoms with van der Waals surface area (Å²) in [6.45, 7) is 6.84. The van der Waals surface area contributed by atoms with Crippen molar-refractivity contribution in [2.24, 2.45) is 10.2 Å². The van der Waals surface area contributed by atoms with Crippen LogP contribution in [-0.4, -0.2) is 30.2 Å². The maximum atomic E-state index is 11.5. The van der Waals surface area contributed by atoms with Crippen LogP contribution in [0.1, 0.15) is 33.3 Å². The minimum Gasteiger partial charge on any atom is -0.446 e. The summed E-state index contributed by atoms with van der Waals surface area (Å²) in [6.07, 6.45) is -1.97. The van der Waals surface area contributed by atoms with Gasteiger partial charge < -0.3 is 14.2 Å². The van der Waals surface area contributed by atoms with Crippen molar-refractivity contribution in [2.45, 2.75) is 39.9 Å². The zero-order valence-corrected chi connectivity index (χ0v) is 13.5. The first-order valence-electron chi connectivity index (χ1n) is 7.08. The van der Waals surface area contributed by atoms with E-state index >= 15 is 0 Å². The van der Waals surface area contributed by atoms with Crippen LogP contribution >= 0.6 is 0 Å². The third-order valence-corrected chi connectivity index (χ3v) is 2.22. The molecule has 7 nitrogen and oxygen atoms in total. The smallest absolute Gasteiger partial charge is 0.446 e. The molecule has 0 N–H and O–H groups in total. The van der Waals surface area contributed by atoms with Crippen LogP contribution in [-0.2, 0) is 14.2 Å². The van der Waals surface area contributed by atoms with E-state index in [1.165, 1.54) is 0 Å². The highest BCUT2D eigenvalue weighted by Gasteiger charge is 2.15. The van der Waals surface area contributed by atoms with Crippen molar-refractivity contribution >= 4 is 18.0 Å². The average Bonchev–Trinajstić information content (AvgIpc) is 2.47. The predicted molar refractivity (Wildman–Crippen MR) is 85.0 cm³/mol. The van der Waals surface area contributed by atoms with Crippen LogP contribution in [0.3, 0.4) is 0 Å². The first-order valence-corrected chi connectivity index (χ1v) is 7.08. The standard InChI is InChI=1S/C16H19N3O4/c1-11(2)21-15(23-16(20)22-12(3)4)19-18-14(10-17)13-8-6-5-7-9-13/h5-9,11-12H,1-4H3/b18-14+,19-15+. The molecule has 0 amide bonds. The fourth-order valence-corrected chi connectivity index (χ4v) is 1.39. The quantitative estimate of drug-likeness (QED) is 0.368. The Balaban J connectivity index is 2.96. The molecule has 0 bridgehead atoms. The summed E-state index contributed by atoms with van der Waals surface area (Å²) in [5.74, 6) is 0. The van der Waals surface area contributed by atoms with Crippen molar-refractivity contribution in [3.05, 3.63) is 35.9 Å². The minimum absolute atomic E-state index is 0.0660. The predicted octanol–water partition coefficient (Wildman–Crippen LogP) is 3.26. The lowest BCUT2D eigenvalue weighted by molar-refractivity contribution is 0.0502. The summed E-state index contributed by atoms with van der Waals surface area (Å²) < 4.78 is 14.9. The van der Waals surface area contributed by atoms with Crippen molar-refractivity contribution in [3.63, 3.8) is 0 Å². The molecule has 122 valence electrons. The van der Waals surface area contributed by atoms with E-state index < -0.39 is 6.16 Å². The molecule has 1 aromatic carbocycles. The Morgan fingerprint density at radius 3 is 2.17 bits per heavy atom. The number of benzene rings is 1. The van der Waals surface area contributed by atoms with Gasteiger partial charge >= 0.3 is 12.2 Å². The molecule has 0 aliphatic rings. The molecule has 0 saturated heterocycles. The molecule has 0 radical (unpaired) electrons. The maximum absolute atomic E-state index is 11.5. The molecule has 0 aliphatic carbocycles. The van der Waals surface area contributed by atoms with Crippen molar-refractivity contribution < 1.29 is 19.0 Å². The van der Waals surface area contributed by atoms with Crippen LogP contribution in [0.25, 0.3) is 0 Å². The van der Waals surface area contributed by atoms with E-state index in [9.17, 15) is 4.79 Å². The van der Waals surface area contributed by atoms with E-state index in [1.54, 1.807) is 52.0 Å². The van der Waals surface area contributed by atoms with Gasteiger partial charge in [-0.25, -0.2) is 4.79 Å². The highest BCUT2D eigenvalue weighted by molar-refractivity contribution is 6.11. The fourth-order valence-electron chi connectivity index (χ4n) is 1.39. The van der Waals surface area contributed by atoms with Crippen LogP contribution in [0.4, 0.5) is 4.79 Å². The molecule has 0 saturated carbocycles. The second kappa shape index (κ2) is 9.20. The van der Waals surface area contributed by atoms with Gasteiger partial charge in [0.25, 0.3) is 0 Å². The first-order chi connectivity index (χ1) is 10.9. The number of ether oxygens (including phenoxy) is 3. The second-order valence-corrected chi connectivity index (χ2v) is 4.98. The average molecular weight is 317 g/mol. The summed E-state index contributed by atoms with van der Waals surface area (Å²) in [4.78, 5) is 11.5. The minimum atomic E-state index is -0.951. The van der Waals surface area contributed by atoms with Gasteiger partial charge in [0.1, 0.15) is 6.07 Å². The lowest BCUT2D eigenvalue weighted by Crippen LogP contribution is -2.21. The van der Waals surface area contributed by atoms with E-state index in [1.807, 2.05) is 12.1 Å². The molecular formula is C16H19N3O4. The van der Waals surface area contributed by atoms with E-state index in [4.69, 9.17) is 19.5 Å². The second-order valence-electron chi connectivity index (χ2n) is 4.98. The van der Waals surface area contributed by atoms with Crippen LogP contribution in [0.15, 0.2) is 40.5 Å². The van der Waals surface area contributed by atoms with Gasteiger partial charge in [-0.3, -0.25) is 0 Å². The third-order valence-electron chi connectivity index (χ3n) is 2.22. The summed E-state index contributed by atoms with van der Waals surface area (Å²) in [5.41, 5.74) is 0.656. The number of carbonyl (C=O) groups excluding carboxylic acids is 1. The molecule has 0 atom stereocenters. The molecule has 0 fully saturated rings. The number of hydrogen-bond acceptors (Lipinski definition) is 7. The Hall–Kier alpha value is -2.88. The molecule has 0 aliphatic heterocycles. The first kappa shape index (κ1) is 18.2. The molecular weight excluding hydrogens is 298 g/mol. The van der Waals surface area contributed by atoms with Crippen LogP contribution < -0.4 is 0 Å². The lowest BCUT2D eigenvalue weighted by Gasteiger charge is -2.11. The van der Waals surface area contributed by atoms with Crippen molar-refractivity contribution in [3.8, 4) is 6.07 Å². The number of nitrogens with zero attached hydrogens (tertiary/aromatic N) is 3. The van der Waals surface area contributed by atoms with E-state index in [0.717, 1.165) is 0 Å². The van der Waals surface area contributed by atoms with Gasteiger partial charge in [-0.1, -0.05) is 35.4 Å². The molecule has 0 unspecified atom stereocenters. The highest BCUT2D eigenvalue weighted by Crippen LogP contribution is 2.03. The zero-order valence-electron chi connectivity index (χ0n) is 13.5. The molecule has 1 rings (SSSR count). The van der Waals surface area contributed by atoms with Crippen molar-refractivity contribution in [2.75, 3.05) is 0 Å². The maximum Gasteiger partial charge on any atom is 0.517 e. The van der Waals surface area contributed by atoms with Crippen LogP contribution in [0, 0.1) is 11.3 Å². The van der Waals surface area contributed by atoms with Gasteiger partial charge in [-0.2, -0.15) is 5.26 Å². The SMILES string of the molecule is CC(C)OC(=O)O/C(=N/N=C(\C#N)c1ccccc1)OC(C)C. The molecule has 0 spiro atoms. The van der Waals surface area contributed by atoms with Crippen molar-refractivity contribution in [1.29, 1.82) is 5.26 Å². The summed E-state index contributed by atoms with van der Waals surface area (Å²) >= 11 is 0. The Labute approximate surface area is 135 Å². The number of carbonyl (C=O) groups is 1. The third kappa shape index (κ3) is 7.09. The molecule has 1 aromatic rings. The summed E-state index contributed by atoms with van der Waals surface area (Å²) in [7, 11) is 0. The van der Waals surface area contributed by atoms with Crippen LogP contribution in [0.5, 0.6) is 0 Å². The zero-order chi connectivity index (χ0) is 17.2. The van der Waals surface area contributed by atoms with Gasteiger partial charge in [0.05, 0.1) is 12.2 Å². The van der Waals surface area contributed by atoms with E-state index in [0.29, 0.717) is 5.56 Å². The van der Waals surface area contributed by atoms with Crippen LogP contribution in [0.2, 0.25) is 0 Å². The van der Waals surface area contributed by atoms with Gasteiger partial charge in [-0.15, -0.1) is 5.10 Å². The monoisotopic (exact) mass is 317 g/mol. The van der Waals surface area contributed by atoms with E-state index in [-0.39, 0.29) is 24.0 Å². The van der Waals surface area contributed by atoms with Crippen molar-refractivity contribution in [1.82, 2.24) is 0 Å². The molecule has 7 heteroatoms. The molecule has 0 heterocycles. The summed E-state index contributed by atoms with van der Waals surface area (Å²) in [5, 5.41) is 16.6. The fraction of sp³-hybridized carbons (Fsp3) is 0.375. The molecule has 0 aromatic heterocycles. The summed E-state index contributed by atoms with van der Waals surface area (Å²) in [6, 6.07) is 10.7. The Morgan fingerprint density at radius 2 is 1.65 bits per heavy atom.